The minimum absolute atomic E-state index is 0.126. The molecule has 0 spiro atoms. The Balaban J connectivity index is 1.39. The van der Waals surface area contributed by atoms with Gasteiger partial charge in [-0.1, -0.05) is 48.2 Å². The second-order valence-electron chi connectivity index (χ2n) is 7.87. The van der Waals surface area contributed by atoms with Crippen molar-refractivity contribution in [3.63, 3.8) is 0 Å². The summed E-state index contributed by atoms with van der Waals surface area (Å²) < 4.78 is 7.05. The van der Waals surface area contributed by atoms with Crippen LogP contribution in [-0.2, 0) is 11.3 Å². The molecule has 1 unspecified atom stereocenters. The molecule has 0 radical (unpaired) electrons. The minimum atomic E-state index is -0.365. The van der Waals surface area contributed by atoms with Gasteiger partial charge in [0, 0.05) is 23.2 Å². The predicted molar refractivity (Wildman–Crippen MR) is 138 cm³/mol. The third-order valence-electron chi connectivity index (χ3n) is 5.54. The average Bonchev–Trinajstić information content (AvgIpc) is 3.31. The van der Waals surface area contributed by atoms with Crippen molar-refractivity contribution < 1.29 is 14.3 Å². The van der Waals surface area contributed by atoms with Crippen molar-refractivity contribution >= 4 is 40.0 Å². The first-order valence-electron chi connectivity index (χ1n) is 11.3. The van der Waals surface area contributed by atoms with E-state index in [0.717, 1.165) is 16.5 Å². The van der Waals surface area contributed by atoms with E-state index in [1.54, 1.807) is 31.4 Å². The van der Waals surface area contributed by atoms with Crippen LogP contribution in [0.4, 0.5) is 5.69 Å². The SMILES string of the molecule is CCn1c(SCC(=O)Nc2cccc3ccccc23)nnc1C(C)NC(=O)c1ccc(OC)cc1. The molecule has 2 amide bonds. The van der Waals surface area contributed by atoms with Crippen molar-refractivity contribution in [2.45, 2.75) is 31.6 Å². The number of methoxy groups -OCH3 is 1. The number of ether oxygens (including phenoxy) is 1. The van der Waals surface area contributed by atoms with Crippen molar-refractivity contribution in [1.82, 2.24) is 20.1 Å². The van der Waals surface area contributed by atoms with Crippen molar-refractivity contribution in [3.8, 4) is 5.75 Å². The van der Waals surface area contributed by atoms with E-state index >= 15 is 0 Å². The lowest BCUT2D eigenvalue weighted by Crippen LogP contribution is -2.28. The number of nitrogens with zero attached hydrogens (tertiary/aromatic N) is 3. The molecule has 1 atom stereocenters. The normalized spacial score (nSPS) is 11.7. The van der Waals surface area contributed by atoms with Crippen molar-refractivity contribution in [2.75, 3.05) is 18.2 Å². The Hall–Kier alpha value is -3.85. The van der Waals surface area contributed by atoms with Crippen LogP contribution < -0.4 is 15.4 Å². The van der Waals surface area contributed by atoms with Gasteiger partial charge in [-0.2, -0.15) is 0 Å². The van der Waals surface area contributed by atoms with Crippen LogP contribution in [0.25, 0.3) is 10.8 Å². The molecule has 0 saturated carbocycles. The van der Waals surface area contributed by atoms with Crippen molar-refractivity contribution in [2.24, 2.45) is 0 Å². The van der Waals surface area contributed by atoms with E-state index < -0.39 is 0 Å². The number of carbonyl (C=O) groups is 2. The van der Waals surface area contributed by atoms with Gasteiger partial charge in [0.05, 0.1) is 18.9 Å². The molecule has 4 rings (SSSR count). The molecule has 0 saturated heterocycles. The molecule has 0 bridgehead atoms. The van der Waals surface area contributed by atoms with Crippen LogP contribution in [0.15, 0.2) is 71.9 Å². The zero-order valence-electron chi connectivity index (χ0n) is 19.8. The van der Waals surface area contributed by atoms with E-state index in [-0.39, 0.29) is 23.6 Å². The maximum atomic E-state index is 12.7. The second kappa shape index (κ2) is 11.1. The molecule has 9 heteroatoms. The summed E-state index contributed by atoms with van der Waals surface area (Å²) in [6.07, 6.45) is 0. The number of amides is 2. The molecular formula is C26H27N5O3S. The van der Waals surface area contributed by atoms with Crippen LogP contribution >= 0.6 is 11.8 Å². The highest BCUT2D eigenvalue weighted by Gasteiger charge is 2.20. The van der Waals surface area contributed by atoms with E-state index in [1.165, 1.54) is 11.8 Å². The first-order chi connectivity index (χ1) is 17.0. The van der Waals surface area contributed by atoms with Crippen LogP contribution in [0.5, 0.6) is 5.75 Å². The fourth-order valence-electron chi connectivity index (χ4n) is 3.76. The Bertz CT molecular complexity index is 1330. The first kappa shape index (κ1) is 24.3. The summed E-state index contributed by atoms with van der Waals surface area (Å²) in [6, 6.07) is 20.3. The van der Waals surface area contributed by atoms with Crippen LogP contribution in [0.2, 0.25) is 0 Å². The lowest BCUT2D eigenvalue weighted by molar-refractivity contribution is -0.113. The number of benzene rings is 3. The summed E-state index contributed by atoms with van der Waals surface area (Å²) >= 11 is 1.31. The average molecular weight is 490 g/mol. The van der Waals surface area contributed by atoms with Crippen molar-refractivity contribution in [1.29, 1.82) is 0 Å². The fourth-order valence-corrected chi connectivity index (χ4v) is 4.57. The van der Waals surface area contributed by atoms with Gasteiger partial charge in [0.15, 0.2) is 11.0 Å². The molecule has 180 valence electrons. The summed E-state index contributed by atoms with van der Waals surface area (Å²) in [5.74, 6) is 1.17. The Labute approximate surface area is 208 Å². The minimum Gasteiger partial charge on any atom is -0.497 e. The molecule has 0 aliphatic rings. The number of carbonyl (C=O) groups excluding carboxylic acids is 2. The number of aromatic nitrogens is 3. The lowest BCUT2D eigenvalue weighted by Gasteiger charge is -2.15. The van der Waals surface area contributed by atoms with Gasteiger partial charge in [-0.25, -0.2) is 0 Å². The predicted octanol–water partition coefficient (Wildman–Crippen LogP) is 4.68. The number of anilines is 1. The molecule has 35 heavy (non-hydrogen) atoms. The molecule has 2 N–H and O–H groups in total. The third kappa shape index (κ3) is 5.63. The summed E-state index contributed by atoms with van der Waals surface area (Å²) in [5.41, 5.74) is 1.31. The molecule has 3 aromatic carbocycles. The highest BCUT2D eigenvalue weighted by Crippen LogP contribution is 2.25. The maximum Gasteiger partial charge on any atom is 0.251 e. The number of fused-ring (bicyclic) bond motifs is 1. The second-order valence-corrected chi connectivity index (χ2v) is 8.81. The fraction of sp³-hybridized carbons (Fsp3) is 0.231. The van der Waals surface area contributed by atoms with Gasteiger partial charge in [-0.15, -0.1) is 10.2 Å². The Morgan fingerprint density at radius 2 is 1.77 bits per heavy atom. The van der Waals surface area contributed by atoms with E-state index in [2.05, 4.69) is 20.8 Å². The molecule has 0 aliphatic carbocycles. The number of hydrogen-bond donors (Lipinski definition) is 2. The highest BCUT2D eigenvalue weighted by atomic mass is 32.2. The first-order valence-corrected chi connectivity index (χ1v) is 12.3. The van der Waals surface area contributed by atoms with Gasteiger partial charge in [-0.3, -0.25) is 9.59 Å². The zero-order chi connectivity index (χ0) is 24.8. The van der Waals surface area contributed by atoms with E-state index in [1.807, 2.05) is 60.9 Å². The van der Waals surface area contributed by atoms with Crippen LogP contribution in [-0.4, -0.2) is 39.4 Å². The Morgan fingerprint density at radius 1 is 1.03 bits per heavy atom. The van der Waals surface area contributed by atoms with Crippen molar-refractivity contribution in [3.05, 3.63) is 78.1 Å². The molecule has 1 heterocycles. The van der Waals surface area contributed by atoms with Gasteiger partial charge in [0.25, 0.3) is 5.91 Å². The lowest BCUT2D eigenvalue weighted by atomic mass is 10.1. The Morgan fingerprint density at radius 3 is 2.51 bits per heavy atom. The molecule has 1 aromatic heterocycles. The van der Waals surface area contributed by atoms with Crippen LogP contribution in [0, 0.1) is 0 Å². The zero-order valence-corrected chi connectivity index (χ0v) is 20.6. The standard InChI is InChI=1S/C26H27N5O3S/c1-4-31-24(17(2)27-25(33)19-12-14-20(34-3)15-13-19)29-30-26(31)35-16-23(32)28-22-11-7-9-18-8-5-6-10-21(18)22/h5-15,17H,4,16H2,1-3H3,(H,27,33)(H,28,32). The topological polar surface area (TPSA) is 98.1 Å². The Kier molecular flexibility index (Phi) is 7.67. The highest BCUT2D eigenvalue weighted by molar-refractivity contribution is 7.99. The third-order valence-corrected chi connectivity index (χ3v) is 6.51. The largest absolute Gasteiger partial charge is 0.497 e. The summed E-state index contributed by atoms with van der Waals surface area (Å²) in [5, 5.41) is 17.2. The summed E-state index contributed by atoms with van der Waals surface area (Å²) in [7, 11) is 1.58. The van der Waals surface area contributed by atoms with Gasteiger partial charge < -0.3 is 19.9 Å². The molecule has 0 fully saturated rings. The van der Waals surface area contributed by atoms with E-state index in [0.29, 0.717) is 28.8 Å². The monoisotopic (exact) mass is 489 g/mol. The molecule has 4 aromatic rings. The van der Waals surface area contributed by atoms with Gasteiger partial charge in [0.2, 0.25) is 5.91 Å². The smallest absolute Gasteiger partial charge is 0.251 e. The number of rotatable bonds is 9. The van der Waals surface area contributed by atoms with E-state index in [9.17, 15) is 9.59 Å². The van der Waals surface area contributed by atoms with Gasteiger partial charge in [0.1, 0.15) is 5.75 Å². The maximum absolute atomic E-state index is 12.7. The van der Waals surface area contributed by atoms with E-state index in [4.69, 9.17) is 4.74 Å². The van der Waals surface area contributed by atoms with Crippen LogP contribution in [0.1, 0.15) is 36.1 Å². The van der Waals surface area contributed by atoms with Gasteiger partial charge in [-0.05, 0) is 49.6 Å². The number of thioether (sulfide) groups is 1. The number of nitrogens with one attached hydrogen (secondary N) is 2. The molecule has 0 aliphatic heterocycles. The summed E-state index contributed by atoms with van der Waals surface area (Å²) in [6.45, 7) is 4.45. The van der Waals surface area contributed by atoms with Crippen LogP contribution in [0.3, 0.4) is 0 Å². The summed E-state index contributed by atoms with van der Waals surface area (Å²) in [4.78, 5) is 25.3. The molecular weight excluding hydrogens is 462 g/mol. The molecule has 8 nitrogen and oxygen atoms in total. The quantitative estimate of drug-likeness (QED) is 0.331. The number of hydrogen-bond acceptors (Lipinski definition) is 6. The van der Waals surface area contributed by atoms with Gasteiger partial charge >= 0.3 is 0 Å².